The van der Waals surface area contributed by atoms with E-state index in [0.717, 1.165) is 11.3 Å². The number of hydrogen-bond acceptors (Lipinski definition) is 6. The first-order valence-corrected chi connectivity index (χ1v) is 8.84. The lowest BCUT2D eigenvalue weighted by Gasteiger charge is -2.08. The van der Waals surface area contributed by atoms with Crippen LogP contribution in [0.5, 0.6) is 0 Å². The molecule has 8 heteroatoms. The van der Waals surface area contributed by atoms with Crippen molar-refractivity contribution in [1.29, 1.82) is 0 Å². The highest BCUT2D eigenvalue weighted by Crippen LogP contribution is 2.22. The molecule has 0 aliphatic rings. The average Bonchev–Trinajstić information content (AvgIpc) is 3.29. The number of benzene rings is 1. The highest BCUT2D eigenvalue weighted by molar-refractivity contribution is 7.08. The Morgan fingerprint density at radius 1 is 1.19 bits per heavy atom. The van der Waals surface area contributed by atoms with Crippen molar-refractivity contribution in [3.63, 3.8) is 0 Å². The van der Waals surface area contributed by atoms with Gasteiger partial charge in [0.1, 0.15) is 6.54 Å². The second-order valence-electron chi connectivity index (χ2n) is 5.56. The molecule has 0 radical (unpaired) electrons. The summed E-state index contributed by atoms with van der Waals surface area (Å²) in [6.45, 7) is 0.103. The van der Waals surface area contributed by atoms with Gasteiger partial charge in [-0.25, -0.2) is 4.79 Å². The number of nitrogens with one attached hydrogen (secondary N) is 1. The van der Waals surface area contributed by atoms with Gasteiger partial charge in [0, 0.05) is 23.3 Å². The molecule has 0 aliphatic carbocycles. The number of amides is 1. The monoisotopic (exact) mass is 366 g/mol. The molecule has 0 fully saturated rings. The minimum Gasteiger partial charge on any atom is -0.408 e. The lowest BCUT2D eigenvalue weighted by molar-refractivity contribution is -0.121. The molecule has 4 rings (SSSR count). The fourth-order valence-electron chi connectivity index (χ4n) is 2.68. The molecule has 0 unspecified atom stereocenters. The minimum atomic E-state index is -0.556. The normalized spacial score (nSPS) is 10.9. The van der Waals surface area contributed by atoms with Crippen LogP contribution in [0.2, 0.25) is 0 Å². The molecular weight excluding hydrogens is 352 g/mol. The zero-order chi connectivity index (χ0) is 17.9. The summed E-state index contributed by atoms with van der Waals surface area (Å²) < 4.78 is 6.44. The maximum atomic E-state index is 12.3. The van der Waals surface area contributed by atoms with Crippen molar-refractivity contribution in [2.24, 2.45) is 0 Å². The van der Waals surface area contributed by atoms with Crippen LogP contribution in [0.15, 0.2) is 62.7 Å². The maximum Gasteiger partial charge on any atom is 0.420 e. The summed E-state index contributed by atoms with van der Waals surface area (Å²) in [5.41, 5.74) is 3.41. The van der Waals surface area contributed by atoms with Crippen LogP contribution < -0.4 is 11.1 Å². The van der Waals surface area contributed by atoms with Gasteiger partial charge in [-0.3, -0.25) is 19.3 Å². The summed E-state index contributed by atoms with van der Waals surface area (Å²) in [6, 6.07) is 8.95. The number of oxazole rings is 1. The molecule has 0 bridgehead atoms. The third-order valence-corrected chi connectivity index (χ3v) is 4.58. The molecule has 1 aromatic carbocycles. The van der Waals surface area contributed by atoms with E-state index in [1.54, 1.807) is 48.0 Å². The van der Waals surface area contributed by atoms with Crippen molar-refractivity contribution < 1.29 is 9.21 Å². The molecule has 0 saturated heterocycles. The van der Waals surface area contributed by atoms with Gasteiger partial charge in [-0.15, -0.1) is 0 Å². The second-order valence-corrected chi connectivity index (χ2v) is 6.34. The average molecular weight is 366 g/mol. The first-order chi connectivity index (χ1) is 12.7. The smallest absolute Gasteiger partial charge is 0.408 e. The van der Waals surface area contributed by atoms with Gasteiger partial charge in [-0.05, 0) is 23.6 Å². The van der Waals surface area contributed by atoms with Crippen LogP contribution in [0, 0.1) is 0 Å². The molecule has 1 N–H and O–H groups in total. The first kappa shape index (κ1) is 16.2. The Bertz CT molecular complexity index is 1110. The van der Waals surface area contributed by atoms with Gasteiger partial charge < -0.3 is 9.73 Å². The number of thiophene rings is 1. The molecule has 0 saturated carbocycles. The quantitative estimate of drug-likeness (QED) is 0.586. The summed E-state index contributed by atoms with van der Waals surface area (Å²) in [5, 5.41) is 6.73. The van der Waals surface area contributed by atoms with Gasteiger partial charge in [-0.2, -0.15) is 11.3 Å². The Labute approximate surface area is 151 Å². The number of nitrogens with zero attached hydrogens (tertiary/aromatic N) is 3. The van der Waals surface area contributed by atoms with Crippen LogP contribution in [0.25, 0.3) is 22.4 Å². The highest BCUT2D eigenvalue weighted by Gasteiger charge is 2.14. The van der Waals surface area contributed by atoms with Gasteiger partial charge in [0.15, 0.2) is 5.58 Å². The second kappa shape index (κ2) is 6.93. The Hall–Kier alpha value is -3.26. The van der Waals surface area contributed by atoms with Gasteiger partial charge in [0.05, 0.1) is 23.4 Å². The molecule has 4 aromatic rings. The summed E-state index contributed by atoms with van der Waals surface area (Å²) in [4.78, 5) is 32.9. The van der Waals surface area contributed by atoms with Crippen LogP contribution in [-0.4, -0.2) is 20.4 Å². The number of carbonyl (C=O) groups excluding carboxylic acids is 1. The molecular formula is C18H14N4O3S. The van der Waals surface area contributed by atoms with Crippen LogP contribution in [0.3, 0.4) is 0 Å². The van der Waals surface area contributed by atoms with Crippen molar-refractivity contribution in [3.8, 4) is 11.3 Å². The Kier molecular flexibility index (Phi) is 4.32. The van der Waals surface area contributed by atoms with E-state index in [0.29, 0.717) is 16.8 Å². The number of para-hydroxylation sites is 2. The molecule has 0 aliphatic heterocycles. The summed E-state index contributed by atoms with van der Waals surface area (Å²) >= 11 is 1.57. The summed E-state index contributed by atoms with van der Waals surface area (Å²) in [7, 11) is 0. The highest BCUT2D eigenvalue weighted by atomic mass is 32.1. The van der Waals surface area contributed by atoms with Crippen molar-refractivity contribution in [2.75, 3.05) is 0 Å². The lowest BCUT2D eigenvalue weighted by atomic mass is 10.2. The zero-order valence-electron chi connectivity index (χ0n) is 13.6. The maximum absolute atomic E-state index is 12.3. The fraction of sp³-hybridized carbons (Fsp3) is 0.111. The van der Waals surface area contributed by atoms with Crippen molar-refractivity contribution in [2.45, 2.75) is 13.1 Å². The standard InChI is InChI=1S/C18H14N4O3S/c23-16(10-22-14-3-1-2-4-15(14)25-18(22)24)21-9-13-17(20-7-6-19-13)12-5-8-26-11-12/h1-8,11H,9-10H2,(H,21,23). The minimum absolute atomic E-state index is 0.121. The molecule has 7 nitrogen and oxygen atoms in total. The van der Waals surface area contributed by atoms with E-state index in [-0.39, 0.29) is 19.0 Å². The Morgan fingerprint density at radius 3 is 2.88 bits per heavy atom. The topological polar surface area (TPSA) is 90.0 Å². The summed E-state index contributed by atoms with van der Waals surface area (Å²) in [6.07, 6.45) is 3.21. The molecule has 0 atom stereocenters. The lowest BCUT2D eigenvalue weighted by Crippen LogP contribution is -2.30. The molecule has 0 spiro atoms. The van der Waals surface area contributed by atoms with Gasteiger partial charge in [0.25, 0.3) is 0 Å². The first-order valence-electron chi connectivity index (χ1n) is 7.90. The predicted molar refractivity (Wildman–Crippen MR) is 97.7 cm³/mol. The van der Waals surface area contributed by atoms with E-state index >= 15 is 0 Å². The van der Waals surface area contributed by atoms with Crippen LogP contribution in [0.1, 0.15) is 5.69 Å². The van der Waals surface area contributed by atoms with E-state index in [1.807, 2.05) is 16.8 Å². The number of hydrogen-bond donors (Lipinski definition) is 1. The van der Waals surface area contributed by atoms with E-state index in [1.165, 1.54) is 4.57 Å². The number of rotatable bonds is 5. The van der Waals surface area contributed by atoms with E-state index in [4.69, 9.17) is 4.42 Å². The van der Waals surface area contributed by atoms with Gasteiger partial charge >= 0.3 is 5.76 Å². The molecule has 26 heavy (non-hydrogen) atoms. The van der Waals surface area contributed by atoms with E-state index in [9.17, 15) is 9.59 Å². The van der Waals surface area contributed by atoms with Gasteiger partial charge in [0.2, 0.25) is 5.91 Å². The van der Waals surface area contributed by atoms with Crippen molar-refractivity contribution in [3.05, 3.63) is 69.7 Å². The SMILES string of the molecule is O=C(Cn1c(=O)oc2ccccc21)NCc1nccnc1-c1ccsc1. The number of carbonyl (C=O) groups is 1. The molecule has 130 valence electrons. The molecule has 3 heterocycles. The van der Waals surface area contributed by atoms with E-state index < -0.39 is 5.76 Å². The van der Waals surface area contributed by atoms with Crippen molar-refractivity contribution in [1.82, 2.24) is 19.9 Å². The van der Waals surface area contributed by atoms with Crippen LogP contribution in [-0.2, 0) is 17.9 Å². The van der Waals surface area contributed by atoms with Crippen molar-refractivity contribution >= 4 is 28.3 Å². The summed E-state index contributed by atoms with van der Waals surface area (Å²) in [5.74, 6) is -0.861. The van der Waals surface area contributed by atoms with Gasteiger partial charge in [-0.1, -0.05) is 12.1 Å². The zero-order valence-corrected chi connectivity index (χ0v) is 14.4. The van der Waals surface area contributed by atoms with Crippen LogP contribution in [0.4, 0.5) is 0 Å². The largest absolute Gasteiger partial charge is 0.420 e. The Morgan fingerprint density at radius 2 is 2.04 bits per heavy atom. The fourth-order valence-corrected chi connectivity index (χ4v) is 3.32. The van der Waals surface area contributed by atoms with Crippen LogP contribution >= 0.6 is 11.3 Å². The predicted octanol–water partition coefficient (Wildman–Crippen LogP) is 2.43. The molecule has 1 amide bonds. The third-order valence-electron chi connectivity index (χ3n) is 3.90. The molecule has 3 aromatic heterocycles. The third kappa shape index (κ3) is 3.14. The number of aromatic nitrogens is 3. The Balaban J connectivity index is 1.50. The van der Waals surface area contributed by atoms with E-state index in [2.05, 4.69) is 15.3 Å². The number of fused-ring (bicyclic) bond motifs is 1.